The van der Waals surface area contributed by atoms with Gasteiger partial charge in [-0.25, -0.2) is 4.79 Å². The van der Waals surface area contributed by atoms with Crippen molar-refractivity contribution in [2.24, 2.45) is 56.5 Å². The van der Waals surface area contributed by atoms with Crippen LogP contribution in [0.5, 0.6) is 0 Å². The summed E-state index contributed by atoms with van der Waals surface area (Å²) in [5, 5.41) is 17.9. The van der Waals surface area contributed by atoms with E-state index in [0.717, 1.165) is 32.3 Å². The first-order chi connectivity index (χ1) is 17.3. The van der Waals surface area contributed by atoms with Gasteiger partial charge in [0.2, 0.25) is 0 Å². The third-order valence-corrected chi connectivity index (χ3v) is 13.6. The van der Waals surface area contributed by atoms with Crippen LogP contribution in [-0.4, -0.2) is 47.8 Å². The molecule has 2 spiro atoms. The lowest BCUT2D eigenvalue weighted by atomic mass is 9.42. The van der Waals surface area contributed by atoms with E-state index in [-0.39, 0.29) is 35.7 Å². The van der Waals surface area contributed by atoms with Crippen LogP contribution in [0.15, 0.2) is 0 Å². The second kappa shape index (κ2) is 8.83. The van der Waals surface area contributed by atoms with Crippen LogP contribution in [0.2, 0.25) is 0 Å². The Balaban J connectivity index is 0.00000137. The molecule has 1 amide bonds. The lowest BCUT2D eigenvalue weighted by molar-refractivity contribution is -0.164. The number of aliphatic hydroxyl groups is 2. The molecule has 0 bridgehead atoms. The van der Waals surface area contributed by atoms with Crippen molar-refractivity contribution >= 4 is 6.09 Å². The molecule has 1 saturated heterocycles. The lowest BCUT2D eigenvalue weighted by Crippen LogP contribution is -2.57. The summed E-state index contributed by atoms with van der Waals surface area (Å²) >= 11 is 0. The first-order valence-corrected chi connectivity index (χ1v) is 15.1. The highest BCUT2D eigenvalue weighted by atomic mass is 16.6. The maximum Gasteiger partial charge on any atom is 0.404 e. The maximum atomic E-state index is 11.6. The van der Waals surface area contributed by atoms with Crippen LogP contribution in [0.4, 0.5) is 4.79 Å². The van der Waals surface area contributed by atoms with Crippen molar-refractivity contribution in [3.8, 4) is 0 Å². The van der Waals surface area contributed by atoms with E-state index >= 15 is 0 Å². The number of hydrogen-bond donors (Lipinski definition) is 3. The van der Waals surface area contributed by atoms with Gasteiger partial charge in [-0.1, -0.05) is 41.5 Å². The summed E-state index contributed by atoms with van der Waals surface area (Å²) in [7, 11) is 1.00. The van der Waals surface area contributed by atoms with Gasteiger partial charge in [0.25, 0.3) is 0 Å². The monoisotopic (exact) mass is 519 g/mol. The normalized spacial score (nSPS) is 51.7. The van der Waals surface area contributed by atoms with E-state index < -0.39 is 6.09 Å². The van der Waals surface area contributed by atoms with E-state index in [1.807, 2.05) is 0 Å². The average molecular weight is 520 g/mol. The molecule has 1 aliphatic heterocycles. The zero-order valence-electron chi connectivity index (χ0n) is 24.4. The second-order valence-corrected chi connectivity index (χ2v) is 15.1. The van der Waals surface area contributed by atoms with Gasteiger partial charge in [-0.3, -0.25) is 0 Å². The largest absolute Gasteiger partial charge is 0.443 e. The number of nitrogens with two attached hydrogens (primary N) is 1. The van der Waals surface area contributed by atoms with Crippen LogP contribution in [0.3, 0.4) is 0 Å². The smallest absolute Gasteiger partial charge is 0.404 e. The number of hydrogen-bond acceptors (Lipinski definition) is 5. The van der Waals surface area contributed by atoms with Crippen LogP contribution >= 0.6 is 0 Å². The fourth-order valence-corrected chi connectivity index (χ4v) is 11.8. The molecule has 0 aromatic rings. The van der Waals surface area contributed by atoms with Gasteiger partial charge in [0, 0.05) is 7.11 Å². The van der Waals surface area contributed by atoms with Gasteiger partial charge in [0.05, 0.1) is 18.3 Å². The van der Waals surface area contributed by atoms with Gasteiger partial charge in [-0.05, 0) is 115 Å². The molecule has 6 heteroatoms. The van der Waals surface area contributed by atoms with Crippen molar-refractivity contribution in [3.63, 3.8) is 0 Å². The van der Waals surface area contributed by atoms with Gasteiger partial charge in [0.1, 0.15) is 6.10 Å². The molecule has 6 nitrogen and oxygen atoms in total. The summed E-state index contributed by atoms with van der Waals surface area (Å²) in [4.78, 5) is 11.6. The number of carbonyl (C=O) groups is 1. The van der Waals surface area contributed by atoms with Crippen molar-refractivity contribution in [1.29, 1.82) is 0 Å². The molecule has 6 rings (SSSR count). The topological polar surface area (TPSA) is 102 Å². The van der Waals surface area contributed by atoms with Crippen molar-refractivity contribution in [2.75, 3.05) is 7.11 Å². The lowest BCUT2D eigenvalue weighted by Gasteiger charge is -2.63. The van der Waals surface area contributed by atoms with Crippen LogP contribution in [0, 0.1) is 50.7 Å². The van der Waals surface area contributed by atoms with E-state index in [4.69, 9.17) is 20.3 Å². The standard InChI is InChI=1S/C30H49NO4.CH4O/c1-17(2)24(35-25(31)33)19-8-7-18-20(34-19)15-28(6)22-10-9-21-26(3,4)23(32)11-12-29(21)16-30(22,29)14-13-27(18,28)5;1-2/h17-24,32H,7-16H2,1-6H3,(H2,31,33);2H,1H3/t18?,19?,20?,21-,22?,23-,24+,27+,28-,29?,30-;/m0./s1. The highest BCUT2D eigenvalue weighted by Crippen LogP contribution is 2.89. The minimum absolute atomic E-state index is 0.0423. The minimum atomic E-state index is -0.688. The molecule has 1 heterocycles. The SMILES string of the molecule is CC(C)[C@@H](OC(N)=O)C1CCC2C(C[C@@]3(C)C4CC[C@H]5C(C)(C)[C@@H](O)CCC56C[C@@]46CC[C@]23C)O1.CO. The number of aliphatic hydroxyl groups excluding tert-OH is 2. The fraction of sp³-hybridized carbons (Fsp3) is 0.968. The van der Waals surface area contributed by atoms with Gasteiger partial charge in [0.15, 0.2) is 0 Å². The molecule has 5 saturated carbocycles. The predicted molar refractivity (Wildman–Crippen MR) is 144 cm³/mol. The Labute approximate surface area is 224 Å². The zero-order valence-corrected chi connectivity index (χ0v) is 24.4. The molecule has 5 aliphatic carbocycles. The summed E-state index contributed by atoms with van der Waals surface area (Å²) in [6.07, 6.45) is 11.3. The van der Waals surface area contributed by atoms with Crippen molar-refractivity contribution in [2.45, 2.75) is 130 Å². The number of carbonyl (C=O) groups excluding carboxylic acids is 1. The molecule has 0 aromatic heterocycles. The van der Waals surface area contributed by atoms with Gasteiger partial charge >= 0.3 is 6.09 Å². The highest BCUT2D eigenvalue weighted by molar-refractivity contribution is 5.64. The van der Waals surface area contributed by atoms with Crippen LogP contribution in [0.25, 0.3) is 0 Å². The number of amides is 1. The number of primary amides is 1. The van der Waals surface area contributed by atoms with Crippen molar-refractivity contribution in [1.82, 2.24) is 0 Å². The van der Waals surface area contributed by atoms with Gasteiger partial charge in [-0.2, -0.15) is 0 Å². The molecular formula is C31H53NO5. The summed E-state index contributed by atoms with van der Waals surface area (Å²) in [6.45, 7) is 14.1. The maximum absolute atomic E-state index is 11.6. The van der Waals surface area contributed by atoms with E-state index in [2.05, 4.69) is 41.5 Å². The minimum Gasteiger partial charge on any atom is -0.443 e. The third kappa shape index (κ3) is 3.49. The fourth-order valence-electron chi connectivity index (χ4n) is 11.8. The van der Waals surface area contributed by atoms with E-state index in [0.29, 0.717) is 33.5 Å². The number of rotatable bonds is 3. The summed E-state index contributed by atoms with van der Waals surface area (Å²) < 4.78 is 12.4. The Kier molecular flexibility index (Phi) is 6.61. The molecule has 0 radical (unpaired) electrons. The molecule has 0 aromatic carbocycles. The third-order valence-electron chi connectivity index (χ3n) is 13.6. The molecule has 212 valence electrons. The highest BCUT2D eigenvalue weighted by Gasteiger charge is 2.82. The van der Waals surface area contributed by atoms with Crippen molar-refractivity contribution < 1.29 is 24.5 Å². The van der Waals surface area contributed by atoms with Crippen LogP contribution in [0.1, 0.15) is 106 Å². The molecule has 11 atom stereocenters. The molecular weight excluding hydrogens is 466 g/mol. The van der Waals surface area contributed by atoms with Gasteiger partial charge in [-0.15, -0.1) is 0 Å². The predicted octanol–water partition coefficient (Wildman–Crippen LogP) is 5.67. The molecule has 6 fully saturated rings. The average Bonchev–Trinajstić information content (AvgIpc) is 3.45. The quantitative estimate of drug-likeness (QED) is 0.446. The number of fused-ring (bicyclic) bond motifs is 4. The first-order valence-electron chi connectivity index (χ1n) is 15.1. The van der Waals surface area contributed by atoms with E-state index in [1.165, 1.54) is 44.9 Å². The summed E-state index contributed by atoms with van der Waals surface area (Å²) in [5.74, 6) is 2.23. The summed E-state index contributed by atoms with van der Waals surface area (Å²) in [6, 6.07) is 0. The molecule has 5 unspecified atom stereocenters. The molecule has 37 heavy (non-hydrogen) atoms. The van der Waals surface area contributed by atoms with E-state index in [9.17, 15) is 9.90 Å². The Hall–Kier alpha value is -0.850. The van der Waals surface area contributed by atoms with Crippen LogP contribution in [-0.2, 0) is 9.47 Å². The Bertz CT molecular complexity index is 906. The first kappa shape index (κ1) is 27.7. The molecule has 6 aliphatic rings. The second-order valence-electron chi connectivity index (χ2n) is 15.1. The summed E-state index contributed by atoms with van der Waals surface area (Å²) in [5.41, 5.74) is 7.04. The zero-order chi connectivity index (χ0) is 27.2. The van der Waals surface area contributed by atoms with E-state index in [1.54, 1.807) is 0 Å². The van der Waals surface area contributed by atoms with Crippen LogP contribution < -0.4 is 5.73 Å². The Morgan fingerprint density at radius 2 is 1.57 bits per heavy atom. The number of ether oxygens (including phenoxy) is 2. The Morgan fingerprint density at radius 3 is 2.22 bits per heavy atom. The van der Waals surface area contributed by atoms with Gasteiger partial charge < -0.3 is 25.4 Å². The molecule has 4 N–H and O–H groups in total. The van der Waals surface area contributed by atoms with Crippen molar-refractivity contribution in [3.05, 3.63) is 0 Å². The Morgan fingerprint density at radius 1 is 0.919 bits per heavy atom.